The molecule has 0 saturated carbocycles. The fraction of sp³-hybridized carbons (Fsp3) is 0.391. The van der Waals surface area contributed by atoms with Gasteiger partial charge in [0.05, 0.1) is 0 Å². The Labute approximate surface area is 154 Å². The van der Waals surface area contributed by atoms with Crippen LogP contribution in [-0.4, -0.2) is 0 Å². The zero-order valence-electron chi connectivity index (χ0n) is 16.2. The van der Waals surface area contributed by atoms with Gasteiger partial charge in [0, 0.05) is 21.4 Å². The normalized spacial score (nSPS) is 15.8. The SMILES string of the molecule is C=c1c(F)c(F)c(C)c(F)c1=CC(C)(CC)c1ccc(C(C)CC)cc1. The van der Waals surface area contributed by atoms with Crippen LogP contribution in [0.25, 0.3) is 12.7 Å². The molecule has 2 aromatic carbocycles. The highest BCUT2D eigenvalue weighted by atomic mass is 19.2. The highest BCUT2D eigenvalue weighted by molar-refractivity contribution is 5.48. The predicted molar refractivity (Wildman–Crippen MR) is 103 cm³/mol. The third-order valence-corrected chi connectivity index (χ3v) is 5.63. The van der Waals surface area contributed by atoms with Gasteiger partial charge in [0.25, 0.3) is 0 Å². The Morgan fingerprint density at radius 3 is 2.12 bits per heavy atom. The number of benzene rings is 2. The van der Waals surface area contributed by atoms with Crippen molar-refractivity contribution in [3.63, 3.8) is 0 Å². The van der Waals surface area contributed by atoms with Crippen LogP contribution in [0.15, 0.2) is 24.3 Å². The second-order valence-corrected chi connectivity index (χ2v) is 7.31. The lowest BCUT2D eigenvalue weighted by molar-refractivity contribution is 0.476. The Kier molecular flexibility index (Phi) is 6.00. The molecule has 140 valence electrons. The van der Waals surface area contributed by atoms with Crippen LogP contribution < -0.4 is 10.4 Å². The summed E-state index contributed by atoms with van der Waals surface area (Å²) in [5, 5.41) is -0.196. The van der Waals surface area contributed by atoms with Crippen LogP contribution >= 0.6 is 0 Å². The van der Waals surface area contributed by atoms with Crippen molar-refractivity contribution in [3.05, 3.63) is 68.8 Å². The van der Waals surface area contributed by atoms with Gasteiger partial charge >= 0.3 is 0 Å². The molecule has 0 aliphatic carbocycles. The quantitative estimate of drug-likeness (QED) is 0.619. The summed E-state index contributed by atoms with van der Waals surface area (Å²) in [6.45, 7) is 13.1. The largest absolute Gasteiger partial charge is 0.206 e. The van der Waals surface area contributed by atoms with E-state index in [2.05, 4.69) is 32.6 Å². The van der Waals surface area contributed by atoms with E-state index in [1.165, 1.54) is 12.5 Å². The molecule has 2 rings (SSSR count). The molecule has 0 aliphatic heterocycles. The lowest BCUT2D eigenvalue weighted by Crippen LogP contribution is -2.36. The summed E-state index contributed by atoms with van der Waals surface area (Å²) < 4.78 is 42.4. The molecule has 0 fully saturated rings. The van der Waals surface area contributed by atoms with Gasteiger partial charge < -0.3 is 0 Å². The molecule has 0 heterocycles. The maximum absolute atomic E-state index is 14.6. The molecule has 0 saturated heterocycles. The van der Waals surface area contributed by atoms with E-state index in [1.54, 1.807) is 6.08 Å². The number of rotatable bonds is 5. The van der Waals surface area contributed by atoms with E-state index in [9.17, 15) is 13.2 Å². The van der Waals surface area contributed by atoms with Crippen molar-refractivity contribution in [2.45, 2.75) is 58.8 Å². The van der Waals surface area contributed by atoms with Crippen LogP contribution in [0.5, 0.6) is 0 Å². The standard InChI is InChI=1S/C23H27F3/c1-7-14(3)17-9-11-18(12-10-17)23(6,8-2)13-19-15(4)21(25)22(26)16(5)20(19)24/h9-14H,4,7-8H2,1-3,5-6H3. The summed E-state index contributed by atoms with van der Waals surface area (Å²) >= 11 is 0. The van der Waals surface area contributed by atoms with Gasteiger partial charge in [-0.05, 0) is 36.8 Å². The highest BCUT2D eigenvalue weighted by Crippen LogP contribution is 2.31. The average Bonchev–Trinajstić information content (AvgIpc) is 2.67. The van der Waals surface area contributed by atoms with E-state index in [1.807, 2.05) is 26.0 Å². The van der Waals surface area contributed by atoms with Gasteiger partial charge in [0.2, 0.25) is 0 Å². The van der Waals surface area contributed by atoms with Crippen LogP contribution in [0.1, 0.15) is 63.1 Å². The summed E-state index contributed by atoms with van der Waals surface area (Å²) in [4.78, 5) is 0. The predicted octanol–water partition coefficient (Wildman–Crippen LogP) is 5.48. The number of hydrogen-bond acceptors (Lipinski definition) is 0. The first-order valence-electron chi connectivity index (χ1n) is 9.11. The lowest BCUT2D eigenvalue weighted by atomic mass is 9.78. The fourth-order valence-electron chi connectivity index (χ4n) is 3.13. The third kappa shape index (κ3) is 3.58. The summed E-state index contributed by atoms with van der Waals surface area (Å²) in [5.41, 5.74) is 1.43. The molecule has 0 spiro atoms. The van der Waals surface area contributed by atoms with Gasteiger partial charge in [-0.25, -0.2) is 13.2 Å². The second kappa shape index (κ2) is 7.69. The van der Waals surface area contributed by atoms with E-state index in [0.717, 1.165) is 12.0 Å². The Morgan fingerprint density at radius 2 is 1.62 bits per heavy atom. The Hall–Kier alpha value is -2.03. The van der Waals surface area contributed by atoms with Gasteiger partial charge in [-0.1, -0.05) is 64.6 Å². The van der Waals surface area contributed by atoms with Crippen molar-refractivity contribution in [1.29, 1.82) is 0 Å². The second-order valence-electron chi connectivity index (χ2n) is 7.31. The van der Waals surface area contributed by atoms with E-state index in [4.69, 9.17) is 0 Å². The minimum Gasteiger partial charge on any atom is -0.206 e. The molecule has 3 heteroatoms. The van der Waals surface area contributed by atoms with Crippen molar-refractivity contribution in [2.24, 2.45) is 0 Å². The molecular formula is C23H27F3. The monoisotopic (exact) mass is 360 g/mol. The first-order valence-corrected chi connectivity index (χ1v) is 9.11. The van der Waals surface area contributed by atoms with E-state index in [0.29, 0.717) is 12.3 Å². The van der Waals surface area contributed by atoms with Crippen LogP contribution in [0.3, 0.4) is 0 Å². The summed E-state index contributed by atoms with van der Waals surface area (Å²) in [6, 6.07) is 8.25. The van der Waals surface area contributed by atoms with E-state index in [-0.39, 0.29) is 16.0 Å². The van der Waals surface area contributed by atoms with Gasteiger partial charge in [0.15, 0.2) is 11.6 Å². The Morgan fingerprint density at radius 1 is 1.04 bits per heavy atom. The summed E-state index contributed by atoms with van der Waals surface area (Å²) in [7, 11) is 0. The maximum atomic E-state index is 14.6. The first-order chi connectivity index (χ1) is 12.2. The Bertz CT molecular complexity index is 897. The molecule has 0 amide bonds. The topological polar surface area (TPSA) is 0 Å². The molecular weight excluding hydrogens is 333 g/mol. The van der Waals surface area contributed by atoms with Crippen molar-refractivity contribution in [1.82, 2.24) is 0 Å². The molecule has 2 atom stereocenters. The summed E-state index contributed by atoms with van der Waals surface area (Å²) in [6.07, 6.45) is 3.42. The van der Waals surface area contributed by atoms with Crippen molar-refractivity contribution < 1.29 is 13.2 Å². The third-order valence-electron chi connectivity index (χ3n) is 5.63. The smallest absolute Gasteiger partial charge is 0.166 e. The molecule has 0 nitrogen and oxygen atoms in total. The van der Waals surface area contributed by atoms with Crippen LogP contribution in [-0.2, 0) is 5.41 Å². The van der Waals surface area contributed by atoms with Crippen LogP contribution in [0, 0.1) is 24.4 Å². The van der Waals surface area contributed by atoms with Crippen LogP contribution in [0.4, 0.5) is 13.2 Å². The molecule has 0 N–H and O–H groups in total. The minimum atomic E-state index is -1.17. The van der Waals surface area contributed by atoms with Gasteiger partial charge in [-0.3, -0.25) is 0 Å². The van der Waals surface area contributed by atoms with Gasteiger partial charge in [-0.15, -0.1) is 0 Å². The molecule has 0 aliphatic rings. The summed E-state index contributed by atoms with van der Waals surface area (Å²) in [5.74, 6) is -2.52. The first kappa shape index (κ1) is 20.3. The van der Waals surface area contributed by atoms with Crippen molar-refractivity contribution in [2.75, 3.05) is 0 Å². The average molecular weight is 360 g/mol. The van der Waals surface area contributed by atoms with Crippen molar-refractivity contribution >= 4 is 12.7 Å². The molecule has 2 aromatic rings. The maximum Gasteiger partial charge on any atom is 0.166 e. The minimum absolute atomic E-state index is 0.0387. The zero-order valence-corrected chi connectivity index (χ0v) is 16.2. The van der Waals surface area contributed by atoms with Crippen molar-refractivity contribution in [3.8, 4) is 0 Å². The highest BCUT2D eigenvalue weighted by Gasteiger charge is 2.24. The molecule has 0 bridgehead atoms. The Balaban J connectivity index is 2.65. The van der Waals surface area contributed by atoms with Gasteiger partial charge in [0.1, 0.15) is 5.82 Å². The fourth-order valence-corrected chi connectivity index (χ4v) is 3.13. The van der Waals surface area contributed by atoms with E-state index < -0.39 is 22.9 Å². The number of hydrogen-bond donors (Lipinski definition) is 0. The number of halogens is 3. The zero-order chi connectivity index (χ0) is 19.6. The molecule has 26 heavy (non-hydrogen) atoms. The van der Waals surface area contributed by atoms with Gasteiger partial charge in [-0.2, -0.15) is 0 Å². The lowest BCUT2D eigenvalue weighted by Gasteiger charge is -2.26. The van der Waals surface area contributed by atoms with E-state index >= 15 is 0 Å². The molecule has 2 unspecified atom stereocenters. The molecule has 0 aromatic heterocycles. The van der Waals surface area contributed by atoms with Crippen LogP contribution in [0.2, 0.25) is 0 Å². The molecule has 0 radical (unpaired) electrons.